The van der Waals surface area contributed by atoms with Crippen LogP contribution in [0, 0.1) is 0 Å². The van der Waals surface area contributed by atoms with Gasteiger partial charge < -0.3 is 0 Å². The van der Waals surface area contributed by atoms with Gasteiger partial charge in [-0.1, -0.05) is 106 Å². The van der Waals surface area contributed by atoms with E-state index in [1.807, 2.05) is 0 Å². The molecule has 0 saturated heterocycles. The van der Waals surface area contributed by atoms with Crippen molar-refractivity contribution in [1.29, 1.82) is 0 Å². The molecular formula is C32H44S. The average molecular weight is 461 g/mol. The van der Waals surface area contributed by atoms with E-state index in [0.717, 1.165) is 5.75 Å². The second kappa shape index (κ2) is 8.99. The molecule has 178 valence electrons. The fraction of sp³-hybridized carbons (Fsp3) is 0.438. The topological polar surface area (TPSA) is 0 Å². The minimum absolute atomic E-state index is 0.158. The van der Waals surface area contributed by atoms with Gasteiger partial charge in [-0.2, -0.15) is 10.0 Å². The van der Waals surface area contributed by atoms with E-state index in [4.69, 9.17) is 0 Å². The predicted molar refractivity (Wildman–Crippen MR) is 148 cm³/mol. The fourth-order valence-corrected chi connectivity index (χ4v) is 8.09. The molecule has 0 fully saturated rings. The van der Waals surface area contributed by atoms with E-state index in [1.54, 1.807) is 0 Å². The van der Waals surface area contributed by atoms with Gasteiger partial charge >= 0.3 is 0 Å². The summed E-state index contributed by atoms with van der Waals surface area (Å²) in [6, 6.07) is 28.5. The lowest BCUT2D eigenvalue weighted by Gasteiger charge is -2.41. The highest BCUT2D eigenvalue weighted by Crippen LogP contribution is 2.68. The lowest BCUT2D eigenvalue weighted by atomic mass is 9.87. The van der Waals surface area contributed by atoms with E-state index in [1.165, 1.54) is 31.4 Å². The molecule has 0 spiro atoms. The zero-order valence-electron chi connectivity index (χ0n) is 22.5. The van der Waals surface area contributed by atoms with Crippen LogP contribution in [-0.2, 0) is 16.2 Å². The van der Waals surface area contributed by atoms with Crippen LogP contribution < -0.4 is 0 Å². The number of hydrogen-bond donors (Lipinski definition) is 0. The average Bonchev–Trinajstić information content (AvgIpc) is 2.74. The summed E-state index contributed by atoms with van der Waals surface area (Å²) in [7, 11) is -1.36. The van der Waals surface area contributed by atoms with Gasteiger partial charge in [0.1, 0.15) is 0 Å². The van der Waals surface area contributed by atoms with Gasteiger partial charge in [-0.15, -0.1) is 0 Å². The Morgan fingerprint density at radius 1 is 0.424 bits per heavy atom. The van der Waals surface area contributed by atoms with Gasteiger partial charge in [-0.25, -0.2) is 0 Å². The summed E-state index contributed by atoms with van der Waals surface area (Å²) in [5.74, 6) is 1.09. The second-order valence-electron chi connectivity index (χ2n) is 12.4. The van der Waals surface area contributed by atoms with Crippen molar-refractivity contribution in [3.8, 4) is 0 Å². The Morgan fingerprint density at radius 3 is 0.788 bits per heavy atom. The zero-order valence-corrected chi connectivity index (χ0v) is 23.4. The van der Waals surface area contributed by atoms with E-state index in [0.29, 0.717) is 0 Å². The first kappa shape index (κ1) is 25.6. The molecule has 0 bridgehead atoms. The largest absolute Gasteiger partial charge is 0.161 e. The molecule has 0 radical (unpaired) electrons. The summed E-state index contributed by atoms with van der Waals surface area (Å²) in [6.45, 7) is 23.0. The molecule has 33 heavy (non-hydrogen) atoms. The monoisotopic (exact) mass is 460 g/mol. The van der Waals surface area contributed by atoms with Crippen LogP contribution in [-0.4, -0.2) is 5.75 Å². The summed E-state index contributed by atoms with van der Waals surface area (Å²) in [5.41, 5.74) is 4.65. The zero-order chi connectivity index (χ0) is 24.7. The van der Waals surface area contributed by atoms with Crippen LogP contribution in [0.4, 0.5) is 0 Å². The van der Waals surface area contributed by atoms with E-state index in [-0.39, 0.29) is 16.2 Å². The molecule has 0 N–H and O–H groups in total. The van der Waals surface area contributed by atoms with E-state index in [2.05, 4.69) is 142 Å². The molecule has 0 aliphatic carbocycles. The van der Waals surface area contributed by atoms with E-state index < -0.39 is 10.0 Å². The Bertz CT molecular complexity index is 909. The highest BCUT2D eigenvalue weighted by Gasteiger charge is 2.30. The van der Waals surface area contributed by atoms with Gasteiger partial charge in [-0.3, -0.25) is 0 Å². The van der Waals surface area contributed by atoms with Gasteiger partial charge in [0.15, 0.2) is 0 Å². The van der Waals surface area contributed by atoms with Crippen molar-refractivity contribution in [2.24, 2.45) is 0 Å². The maximum absolute atomic E-state index is 2.40. The maximum Gasteiger partial charge on any atom is -0.00186 e. The number of rotatable bonds is 4. The molecule has 3 aromatic carbocycles. The van der Waals surface area contributed by atoms with Gasteiger partial charge in [0.05, 0.1) is 0 Å². The summed E-state index contributed by atoms with van der Waals surface area (Å²) < 4.78 is 0. The summed E-state index contributed by atoms with van der Waals surface area (Å²) in [6.07, 6.45) is 0. The molecule has 0 atom stereocenters. The smallest absolute Gasteiger partial charge is 0.00186 e. The first-order valence-corrected chi connectivity index (χ1v) is 14.1. The van der Waals surface area contributed by atoms with Crippen LogP contribution in [0.5, 0.6) is 0 Å². The van der Waals surface area contributed by atoms with Crippen molar-refractivity contribution in [1.82, 2.24) is 0 Å². The Morgan fingerprint density at radius 2 is 0.636 bits per heavy atom. The molecular weight excluding hydrogens is 416 g/mol. The summed E-state index contributed by atoms with van der Waals surface area (Å²) in [4.78, 5) is 4.35. The Kier molecular flexibility index (Phi) is 6.98. The Labute approximate surface area is 205 Å². The van der Waals surface area contributed by atoms with Crippen LogP contribution in [0.2, 0.25) is 0 Å². The van der Waals surface area contributed by atoms with Gasteiger partial charge in [-0.05, 0) is 89.8 Å². The Balaban J connectivity index is 2.23. The lowest BCUT2D eigenvalue weighted by molar-refractivity contribution is 0.589. The SMILES string of the molecule is CCS(c1ccc(C(C)(C)C)cc1)(c1ccc(C(C)(C)C)cc1)c1ccc(C(C)(C)C)cc1. The van der Waals surface area contributed by atoms with Crippen molar-refractivity contribution in [3.05, 3.63) is 89.5 Å². The van der Waals surface area contributed by atoms with Gasteiger partial charge in [0, 0.05) is 0 Å². The highest BCUT2D eigenvalue weighted by molar-refractivity contribution is 8.33. The van der Waals surface area contributed by atoms with Gasteiger partial charge in [0.2, 0.25) is 0 Å². The third-order valence-electron chi connectivity index (χ3n) is 6.80. The van der Waals surface area contributed by atoms with Crippen molar-refractivity contribution in [2.45, 2.75) is 100 Å². The summed E-state index contributed by atoms with van der Waals surface area (Å²) in [5, 5.41) is 0. The van der Waals surface area contributed by atoms with Crippen LogP contribution in [0.25, 0.3) is 0 Å². The first-order chi connectivity index (χ1) is 15.2. The van der Waals surface area contributed by atoms with Gasteiger partial charge in [0.25, 0.3) is 0 Å². The fourth-order valence-electron chi connectivity index (χ4n) is 4.47. The van der Waals surface area contributed by atoms with Crippen LogP contribution in [0.1, 0.15) is 85.9 Å². The molecule has 0 aliphatic heterocycles. The lowest BCUT2D eigenvalue weighted by Crippen LogP contribution is -2.14. The Hall–Kier alpha value is -1.99. The maximum atomic E-state index is 2.40. The molecule has 0 unspecified atom stereocenters. The van der Waals surface area contributed by atoms with Crippen molar-refractivity contribution in [3.63, 3.8) is 0 Å². The third-order valence-corrected chi connectivity index (χ3v) is 10.9. The molecule has 0 aromatic heterocycles. The summed E-state index contributed by atoms with van der Waals surface area (Å²) >= 11 is 0. The van der Waals surface area contributed by atoms with Crippen molar-refractivity contribution in [2.75, 3.05) is 5.75 Å². The molecule has 3 aromatic rings. The minimum Gasteiger partial charge on any atom is -0.161 e. The normalized spacial score (nSPS) is 13.8. The standard InChI is InChI=1S/C32H44S/c1-11-33(27-18-12-24(13-19-27)30(2,3)4,28-20-14-25(15-21-28)31(5,6)7)29-22-16-26(17-23-29)32(8,9)10/h12-23H,11H2,1-10H3. The molecule has 0 amide bonds. The van der Waals surface area contributed by atoms with Crippen LogP contribution in [0.15, 0.2) is 87.5 Å². The number of hydrogen-bond acceptors (Lipinski definition) is 0. The van der Waals surface area contributed by atoms with E-state index >= 15 is 0 Å². The molecule has 0 nitrogen and oxygen atoms in total. The number of benzene rings is 3. The van der Waals surface area contributed by atoms with Crippen molar-refractivity contribution >= 4 is 10.0 Å². The van der Waals surface area contributed by atoms with Crippen molar-refractivity contribution < 1.29 is 0 Å². The third kappa shape index (κ3) is 5.24. The minimum atomic E-state index is -1.36. The second-order valence-corrected chi connectivity index (χ2v) is 15.8. The van der Waals surface area contributed by atoms with E-state index in [9.17, 15) is 0 Å². The molecule has 3 rings (SSSR count). The first-order valence-electron chi connectivity index (χ1n) is 12.3. The quantitative estimate of drug-likeness (QED) is 0.363. The molecule has 0 heterocycles. The molecule has 0 aliphatic rings. The van der Waals surface area contributed by atoms with Crippen LogP contribution in [0.3, 0.4) is 0 Å². The predicted octanol–water partition coefficient (Wildman–Crippen LogP) is 9.88. The highest BCUT2D eigenvalue weighted by atomic mass is 32.3. The molecule has 1 heteroatoms. The molecule has 0 saturated carbocycles. The van der Waals surface area contributed by atoms with Crippen LogP contribution >= 0.6 is 10.0 Å².